The number of hydrogen-bond donors (Lipinski definition) is 1. The SMILES string of the molecule is O=C(CSc1ccc(Br)cc1)N1CCC[C@H](O)C1. The molecule has 1 aromatic rings. The van der Waals surface area contributed by atoms with Gasteiger partial charge in [0.05, 0.1) is 11.9 Å². The number of rotatable bonds is 3. The maximum atomic E-state index is 12.0. The number of carbonyl (C=O) groups is 1. The van der Waals surface area contributed by atoms with E-state index in [1.165, 1.54) is 11.8 Å². The average molecular weight is 330 g/mol. The van der Waals surface area contributed by atoms with Crippen molar-refractivity contribution in [3.8, 4) is 0 Å². The minimum Gasteiger partial charge on any atom is -0.391 e. The monoisotopic (exact) mass is 329 g/mol. The van der Waals surface area contributed by atoms with Crippen LogP contribution in [0.4, 0.5) is 0 Å². The van der Waals surface area contributed by atoms with Crippen LogP contribution < -0.4 is 0 Å². The number of nitrogens with zero attached hydrogens (tertiary/aromatic N) is 1. The van der Waals surface area contributed by atoms with Crippen molar-refractivity contribution in [2.45, 2.75) is 23.8 Å². The molecular formula is C13H16BrNO2S. The van der Waals surface area contributed by atoms with Crippen LogP contribution in [-0.2, 0) is 4.79 Å². The van der Waals surface area contributed by atoms with Crippen LogP contribution in [0, 0.1) is 0 Å². The molecular weight excluding hydrogens is 314 g/mol. The summed E-state index contributed by atoms with van der Waals surface area (Å²) < 4.78 is 1.04. The molecule has 2 rings (SSSR count). The predicted octanol–water partition coefficient (Wildman–Crippen LogP) is 2.52. The van der Waals surface area contributed by atoms with Gasteiger partial charge in [-0.1, -0.05) is 15.9 Å². The Hall–Kier alpha value is -0.520. The highest BCUT2D eigenvalue weighted by atomic mass is 79.9. The smallest absolute Gasteiger partial charge is 0.233 e. The number of aliphatic hydroxyl groups excluding tert-OH is 1. The maximum absolute atomic E-state index is 12.0. The molecule has 1 aromatic carbocycles. The summed E-state index contributed by atoms with van der Waals surface area (Å²) in [6, 6.07) is 7.93. The van der Waals surface area contributed by atoms with Crippen molar-refractivity contribution in [1.82, 2.24) is 4.90 Å². The van der Waals surface area contributed by atoms with Gasteiger partial charge in [0, 0.05) is 22.5 Å². The standard InChI is InChI=1S/C13H16BrNO2S/c14-10-3-5-12(6-4-10)18-9-13(17)15-7-1-2-11(16)8-15/h3-6,11,16H,1-2,7-9H2/t11-/m0/s1. The van der Waals surface area contributed by atoms with E-state index in [4.69, 9.17) is 0 Å². The van der Waals surface area contributed by atoms with E-state index in [0.717, 1.165) is 28.8 Å². The van der Waals surface area contributed by atoms with E-state index < -0.39 is 0 Å². The molecule has 5 heteroatoms. The Balaban J connectivity index is 1.82. The normalized spacial score (nSPS) is 19.9. The topological polar surface area (TPSA) is 40.5 Å². The summed E-state index contributed by atoms with van der Waals surface area (Å²) >= 11 is 4.92. The molecule has 0 spiro atoms. The first-order valence-corrected chi connectivity index (χ1v) is 7.77. The van der Waals surface area contributed by atoms with E-state index in [2.05, 4.69) is 15.9 Å². The molecule has 0 bridgehead atoms. The molecule has 1 N–H and O–H groups in total. The van der Waals surface area contributed by atoms with E-state index in [9.17, 15) is 9.90 Å². The number of carbonyl (C=O) groups excluding carboxylic acids is 1. The van der Waals surface area contributed by atoms with Gasteiger partial charge in [0.15, 0.2) is 0 Å². The second-order valence-electron chi connectivity index (χ2n) is 4.38. The number of amides is 1. The third kappa shape index (κ3) is 4.00. The van der Waals surface area contributed by atoms with Crippen LogP contribution in [0.5, 0.6) is 0 Å². The van der Waals surface area contributed by atoms with Gasteiger partial charge in [-0.25, -0.2) is 0 Å². The summed E-state index contributed by atoms with van der Waals surface area (Å²) in [5.74, 6) is 0.551. The van der Waals surface area contributed by atoms with Crippen molar-refractivity contribution >= 4 is 33.6 Å². The molecule has 0 aromatic heterocycles. The summed E-state index contributed by atoms with van der Waals surface area (Å²) in [6.07, 6.45) is 1.36. The molecule has 0 aliphatic carbocycles. The predicted molar refractivity (Wildman–Crippen MR) is 76.7 cm³/mol. The number of halogens is 1. The lowest BCUT2D eigenvalue weighted by Crippen LogP contribution is -2.42. The summed E-state index contributed by atoms with van der Waals surface area (Å²) in [7, 11) is 0. The molecule has 98 valence electrons. The van der Waals surface area contributed by atoms with Gasteiger partial charge in [-0.05, 0) is 37.1 Å². The number of benzene rings is 1. The zero-order valence-electron chi connectivity index (χ0n) is 10.0. The molecule has 0 saturated carbocycles. The number of likely N-dealkylation sites (tertiary alicyclic amines) is 1. The molecule has 1 saturated heterocycles. The highest BCUT2D eigenvalue weighted by Gasteiger charge is 2.21. The molecule has 1 aliphatic heterocycles. The molecule has 1 fully saturated rings. The number of aliphatic hydroxyl groups is 1. The molecule has 3 nitrogen and oxygen atoms in total. The minimum atomic E-state index is -0.347. The average Bonchev–Trinajstić information content (AvgIpc) is 2.38. The van der Waals surface area contributed by atoms with Gasteiger partial charge in [-0.15, -0.1) is 11.8 Å². The van der Waals surface area contributed by atoms with Crippen LogP contribution in [-0.4, -0.2) is 40.9 Å². The fourth-order valence-corrected chi connectivity index (χ4v) is 3.01. The minimum absolute atomic E-state index is 0.113. The fraction of sp³-hybridized carbons (Fsp3) is 0.462. The molecule has 18 heavy (non-hydrogen) atoms. The Kier molecular flexibility index (Phi) is 5.09. The van der Waals surface area contributed by atoms with Gasteiger partial charge >= 0.3 is 0 Å². The highest BCUT2D eigenvalue weighted by Crippen LogP contribution is 2.21. The van der Waals surface area contributed by atoms with Crippen molar-refractivity contribution in [2.75, 3.05) is 18.8 Å². The summed E-state index contributed by atoms with van der Waals surface area (Å²) in [5, 5.41) is 9.54. The van der Waals surface area contributed by atoms with Crippen molar-refractivity contribution in [3.05, 3.63) is 28.7 Å². The lowest BCUT2D eigenvalue weighted by Gasteiger charge is -2.30. The van der Waals surface area contributed by atoms with Crippen LogP contribution >= 0.6 is 27.7 Å². The van der Waals surface area contributed by atoms with Gasteiger partial charge < -0.3 is 10.0 Å². The summed E-state index contributed by atoms with van der Waals surface area (Å²) in [6.45, 7) is 1.26. The van der Waals surface area contributed by atoms with E-state index in [1.807, 2.05) is 24.3 Å². The van der Waals surface area contributed by atoms with Gasteiger partial charge in [0.25, 0.3) is 0 Å². The molecule has 0 radical (unpaired) electrons. The maximum Gasteiger partial charge on any atom is 0.233 e. The highest BCUT2D eigenvalue weighted by molar-refractivity contribution is 9.10. The lowest BCUT2D eigenvalue weighted by atomic mass is 10.1. The van der Waals surface area contributed by atoms with E-state index in [0.29, 0.717) is 12.3 Å². The first-order valence-electron chi connectivity index (χ1n) is 5.99. The Morgan fingerprint density at radius 1 is 1.44 bits per heavy atom. The Labute approximate surface area is 120 Å². The number of thioether (sulfide) groups is 1. The van der Waals surface area contributed by atoms with E-state index in [-0.39, 0.29) is 12.0 Å². The van der Waals surface area contributed by atoms with Crippen LogP contribution in [0.3, 0.4) is 0 Å². The van der Waals surface area contributed by atoms with Gasteiger partial charge in [0.1, 0.15) is 0 Å². The Morgan fingerprint density at radius 3 is 2.83 bits per heavy atom. The Bertz CT molecular complexity index is 410. The molecule has 1 heterocycles. The summed E-state index contributed by atoms with van der Waals surface area (Å²) in [4.78, 5) is 14.8. The van der Waals surface area contributed by atoms with Crippen LogP contribution in [0.1, 0.15) is 12.8 Å². The van der Waals surface area contributed by atoms with Gasteiger partial charge in [-0.2, -0.15) is 0 Å². The van der Waals surface area contributed by atoms with Crippen molar-refractivity contribution in [2.24, 2.45) is 0 Å². The molecule has 1 aliphatic rings. The quantitative estimate of drug-likeness (QED) is 0.866. The van der Waals surface area contributed by atoms with Crippen LogP contribution in [0.2, 0.25) is 0 Å². The van der Waals surface area contributed by atoms with Crippen LogP contribution in [0.25, 0.3) is 0 Å². The zero-order chi connectivity index (χ0) is 13.0. The second-order valence-corrected chi connectivity index (χ2v) is 6.34. The fourth-order valence-electron chi connectivity index (χ4n) is 1.95. The molecule has 1 amide bonds. The van der Waals surface area contributed by atoms with Crippen LogP contribution in [0.15, 0.2) is 33.6 Å². The third-order valence-corrected chi connectivity index (χ3v) is 4.45. The van der Waals surface area contributed by atoms with Gasteiger partial charge in [0.2, 0.25) is 5.91 Å². The molecule has 1 atom stereocenters. The van der Waals surface area contributed by atoms with Crippen molar-refractivity contribution in [1.29, 1.82) is 0 Å². The largest absolute Gasteiger partial charge is 0.391 e. The third-order valence-electron chi connectivity index (χ3n) is 2.93. The Morgan fingerprint density at radius 2 is 2.17 bits per heavy atom. The second kappa shape index (κ2) is 6.59. The first kappa shape index (κ1) is 13.9. The number of β-amino-alcohol motifs (C(OH)–C–C–N with tert-alkyl or cyclic N) is 1. The van der Waals surface area contributed by atoms with Crippen molar-refractivity contribution in [3.63, 3.8) is 0 Å². The summed E-state index contributed by atoms with van der Waals surface area (Å²) in [5.41, 5.74) is 0. The van der Waals surface area contributed by atoms with Gasteiger partial charge in [-0.3, -0.25) is 4.79 Å². The molecule has 0 unspecified atom stereocenters. The first-order chi connectivity index (χ1) is 8.65. The van der Waals surface area contributed by atoms with Crippen molar-refractivity contribution < 1.29 is 9.90 Å². The van der Waals surface area contributed by atoms with E-state index in [1.54, 1.807) is 4.90 Å². The number of hydrogen-bond acceptors (Lipinski definition) is 3. The van der Waals surface area contributed by atoms with E-state index >= 15 is 0 Å². The zero-order valence-corrected chi connectivity index (χ0v) is 12.4. The number of piperidine rings is 1. The lowest BCUT2D eigenvalue weighted by molar-refractivity contribution is -0.131.